The molecule has 0 aromatic heterocycles. The van der Waals surface area contributed by atoms with Gasteiger partial charge >= 0.3 is 0 Å². The van der Waals surface area contributed by atoms with E-state index in [0.717, 1.165) is 19.5 Å². The molecule has 1 rings (SSSR count). The summed E-state index contributed by atoms with van der Waals surface area (Å²) in [6.45, 7) is 12.1. The van der Waals surface area contributed by atoms with Crippen LogP contribution in [0.3, 0.4) is 0 Å². The van der Waals surface area contributed by atoms with E-state index in [4.69, 9.17) is 5.26 Å². The van der Waals surface area contributed by atoms with Gasteiger partial charge in [-0.15, -0.1) is 0 Å². The van der Waals surface area contributed by atoms with Crippen molar-refractivity contribution in [2.75, 3.05) is 13.1 Å². The van der Waals surface area contributed by atoms with E-state index in [1.165, 1.54) is 22.3 Å². The Balaban J connectivity index is 2.53. The number of aryl methyl sites for hydroxylation is 3. The third kappa shape index (κ3) is 4.16. The molecule has 0 radical (unpaired) electrons. The molecule has 0 unspecified atom stereocenters. The zero-order valence-corrected chi connectivity index (χ0v) is 12.2. The van der Waals surface area contributed by atoms with Crippen LogP contribution in [0.5, 0.6) is 0 Å². The summed E-state index contributed by atoms with van der Waals surface area (Å²) in [4.78, 5) is 0. The van der Waals surface area contributed by atoms with Gasteiger partial charge in [0.1, 0.15) is 0 Å². The Bertz CT molecular complexity index is 430. The molecule has 18 heavy (non-hydrogen) atoms. The van der Waals surface area contributed by atoms with Crippen molar-refractivity contribution >= 4 is 0 Å². The summed E-state index contributed by atoms with van der Waals surface area (Å²) in [5.74, 6) is 0. The molecule has 0 aliphatic heterocycles. The van der Waals surface area contributed by atoms with Gasteiger partial charge in [-0.05, 0) is 64.3 Å². The van der Waals surface area contributed by atoms with Crippen molar-refractivity contribution in [1.82, 2.24) is 5.32 Å². The molecular weight excluding hydrogens is 220 g/mol. The lowest BCUT2D eigenvalue weighted by Gasteiger charge is -2.17. The summed E-state index contributed by atoms with van der Waals surface area (Å²) >= 11 is 0. The number of hydrogen-bond acceptors (Lipinski definition) is 2. The van der Waals surface area contributed by atoms with Crippen LogP contribution in [-0.2, 0) is 6.42 Å². The first-order valence-corrected chi connectivity index (χ1v) is 6.54. The van der Waals surface area contributed by atoms with Gasteiger partial charge in [-0.2, -0.15) is 5.26 Å². The van der Waals surface area contributed by atoms with Crippen molar-refractivity contribution in [2.24, 2.45) is 5.41 Å². The Morgan fingerprint density at radius 3 is 2.22 bits per heavy atom. The van der Waals surface area contributed by atoms with Gasteiger partial charge in [0.15, 0.2) is 0 Å². The number of rotatable bonds is 5. The van der Waals surface area contributed by atoms with Gasteiger partial charge in [-0.25, -0.2) is 0 Å². The highest BCUT2D eigenvalue weighted by Crippen LogP contribution is 2.17. The summed E-state index contributed by atoms with van der Waals surface area (Å²) < 4.78 is 0. The average Bonchev–Trinajstić information content (AvgIpc) is 2.26. The SMILES string of the molecule is Cc1cc(C)c(CCNCC(C)(C)C#N)c(C)c1. The van der Waals surface area contributed by atoms with Crippen LogP contribution in [0.15, 0.2) is 12.1 Å². The molecule has 0 bridgehead atoms. The van der Waals surface area contributed by atoms with E-state index in [0.29, 0.717) is 0 Å². The number of nitrogens with one attached hydrogen (secondary N) is 1. The predicted octanol–water partition coefficient (Wildman–Crippen LogP) is 3.29. The number of benzene rings is 1. The van der Waals surface area contributed by atoms with Crippen LogP contribution in [0.4, 0.5) is 0 Å². The van der Waals surface area contributed by atoms with Crippen LogP contribution in [0.2, 0.25) is 0 Å². The molecule has 0 spiro atoms. The van der Waals surface area contributed by atoms with Gasteiger partial charge < -0.3 is 5.32 Å². The summed E-state index contributed by atoms with van der Waals surface area (Å²) in [5.41, 5.74) is 5.22. The first kappa shape index (κ1) is 14.7. The van der Waals surface area contributed by atoms with Gasteiger partial charge in [0.05, 0.1) is 11.5 Å². The number of nitrogens with zero attached hydrogens (tertiary/aromatic N) is 1. The molecule has 0 saturated carbocycles. The molecule has 0 aliphatic rings. The van der Waals surface area contributed by atoms with E-state index in [-0.39, 0.29) is 5.41 Å². The first-order valence-electron chi connectivity index (χ1n) is 6.54. The zero-order chi connectivity index (χ0) is 13.8. The molecule has 1 aromatic carbocycles. The monoisotopic (exact) mass is 244 g/mol. The molecule has 0 saturated heterocycles. The van der Waals surface area contributed by atoms with Crippen LogP contribution in [0.1, 0.15) is 36.1 Å². The van der Waals surface area contributed by atoms with Crippen LogP contribution >= 0.6 is 0 Å². The van der Waals surface area contributed by atoms with E-state index in [2.05, 4.69) is 44.3 Å². The first-order chi connectivity index (χ1) is 8.35. The molecule has 0 atom stereocenters. The Labute approximate surface area is 111 Å². The standard InChI is InChI=1S/C16H24N2/c1-12-8-13(2)15(14(3)9-12)6-7-18-11-16(4,5)10-17/h8-9,18H,6-7,11H2,1-5H3. The summed E-state index contributed by atoms with van der Waals surface area (Å²) in [7, 11) is 0. The largest absolute Gasteiger partial charge is 0.315 e. The van der Waals surface area contributed by atoms with Crippen molar-refractivity contribution < 1.29 is 0 Å². The van der Waals surface area contributed by atoms with E-state index < -0.39 is 0 Å². The number of nitriles is 1. The van der Waals surface area contributed by atoms with Crippen LogP contribution in [-0.4, -0.2) is 13.1 Å². The fourth-order valence-electron chi connectivity index (χ4n) is 2.26. The maximum absolute atomic E-state index is 8.94. The minimum atomic E-state index is -0.280. The predicted molar refractivity (Wildman–Crippen MR) is 76.6 cm³/mol. The topological polar surface area (TPSA) is 35.8 Å². The van der Waals surface area contributed by atoms with Crippen LogP contribution in [0.25, 0.3) is 0 Å². The lowest BCUT2D eigenvalue weighted by molar-refractivity contribution is 0.447. The van der Waals surface area contributed by atoms with Gasteiger partial charge in [0.25, 0.3) is 0 Å². The molecule has 1 aromatic rings. The van der Waals surface area contributed by atoms with Gasteiger partial charge in [-0.1, -0.05) is 17.7 Å². The lowest BCUT2D eigenvalue weighted by Crippen LogP contribution is -2.29. The maximum atomic E-state index is 8.94. The fourth-order valence-corrected chi connectivity index (χ4v) is 2.26. The smallest absolute Gasteiger partial charge is 0.0697 e. The zero-order valence-electron chi connectivity index (χ0n) is 12.2. The highest BCUT2D eigenvalue weighted by molar-refractivity contribution is 5.37. The summed E-state index contributed by atoms with van der Waals surface area (Å²) in [5, 5.41) is 12.3. The highest BCUT2D eigenvalue weighted by atomic mass is 14.9. The average molecular weight is 244 g/mol. The summed E-state index contributed by atoms with van der Waals surface area (Å²) in [6, 6.07) is 6.78. The highest BCUT2D eigenvalue weighted by Gasteiger charge is 2.15. The van der Waals surface area contributed by atoms with Crippen molar-refractivity contribution in [3.63, 3.8) is 0 Å². The second kappa shape index (κ2) is 6.02. The van der Waals surface area contributed by atoms with E-state index in [1.54, 1.807) is 0 Å². The van der Waals surface area contributed by atoms with Crippen molar-refractivity contribution in [3.05, 3.63) is 34.4 Å². The third-order valence-corrected chi connectivity index (χ3v) is 3.26. The van der Waals surface area contributed by atoms with E-state index in [1.807, 2.05) is 13.8 Å². The third-order valence-electron chi connectivity index (χ3n) is 3.26. The van der Waals surface area contributed by atoms with Gasteiger partial charge in [0, 0.05) is 6.54 Å². The van der Waals surface area contributed by atoms with Crippen LogP contribution < -0.4 is 5.32 Å². The van der Waals surface area contributed by atoms with Crippen molar-refractivity contribution in [2.45, 2.75) is 41.0 Å². The lowest BCUT2D eigenvalue weighted by atomic mass is 9.95. The Hall–Kier alpha value is -1.33. The minimum absolute atomic E-state index is 0.280. The van der Waals surface area contributed by atoms with E-state index >= 15 is 0 Å². The molecule has 0 fully saturated rings. The fraction of sp³-hybridized carbons (Fsp3) is 0.562. The Morgan fingerprint density at radius 2 is 1.72 bits per heavy atom. The van der Waals surface area contributed by atoms with Gasteiger partial charge in [0.2, 0.25) is 0 Å². The maximum Gasteiger partial charge on any atom is 0.0697 e. The van der Waals surface area contributed by atoms with E-state index in [9.17, 15) is 0 Å². The second-order valence-electron chi connectivity index (χ2n) is 5.80. The van der Waals surface area contributed by atoms with Gasteiger partial charge in [-0.3, -0.25) is 0 Å². The summed E-state index contributed by atoms with van der Waals surface area (Å²) in [6.07, 6.45) is 1.03. The molecule has 2 nitrogen and oxygen atoms in total. The van der Waals surface area contributed by atoms with Crippen LogP contribution in [0, 0.1) is 37.5 Å². The number of hydrogen-bond donors (Lipinski definition) is 1. The quantitative estimate of drug-likeness (QED) is 0.807. The molecule has 2 heteroatoms. The Morgan fingerprint density at radius 1 is 1.17 bits per heavy atom. The molecular formula is C16H24N2. The molecule has 0 amide bonds. The Kier molecular flexibility index (Phi) is 4.93. The van der Waals surface area contributed by atoms with Crippen molar-refractivity contribution in [1.29, 1.82) is 5.26 Å². The molecule has 1 N–H and O–H groups in total. The molecule has 0 heterocycles. The van der Waals surface area contributed by atoms with Crippen molar-refractivity contribution in [3.8, 4) is 6.07 Å². The normalized spacial score (nSPS) is 11.3. The molecule has 0 aliphatic carbocycles. The molecule has 98 valence electrons. The second-order valence-corrected chi connectivity index (χ2v) is 5.80. The minimum Gasteiger partial charge on any atom is -0.315 e.